The molecule has 1 aromatic carbocycles. The van der Waals surface area contributed by atoms with Gasteiger partial charge in [-0.25, -0.2) is 8.42 Å². The number of amides is 1. The number of carbonyl (C=O) groups is 1. The van der Waals surface area contributed by atoms with Crippen LogP contribution in [-0.4, -0.2) is 68.3 Å². The van der Waals surface area contributed by atoms with Crippen molar-refractivity contribution < 1.29 is 13.2 Å². The zero-order valence-corrected chi connectivity index (χ0v) is 18.4. The topological polar surface area (TPSA) is 103 Å². The summed E-state index contributed by atoms with van der Waals surface area (Å²) in [7, 11) is -1.74. The third-order valence-corrected chi connectivity index (χ3v) is 7.41. The molecule has 0 radical (unpaired) electrons. The first kappa shape index (κ1) is 22.5. The lowest BCUT2D eigenvalue weighted by Crippen LogP contribution is -2.47. The van der Waals surface area contributed by atoms with Crippen LogP contribution in [0.1, 0.15) is 43.0 Å². The third-order valence-electron chi connectivity index (χ3n) is 5.51. The number of rotatable bonds is 8. The Balaban J connectivity index is 1.84. The van der Waals surface area contributed by atoms with Gasteiger partial charge >= 0.3 is 0 Å². The number of fused-ring (bicyclic) bond motifs is 1. The normalized spacial score (nSPS) is 16.1. The SMILES string of the molecule is CCCCCCNC(=O)c1c[nH]c2ccc(S(=O)(=O)N3CCN(C)CC3)cc2c1=O. The van der Waals surface area contributed by atoms with Gasteiger partial charge < -0.3 is 15.2 Å². The summed E-state index contributed by atoms with van der Waals surface area (Å²) in [5.74, 6) is -0.443. The van der Waals surface area contributed by atoms with Gasteiger partial charge in [-0.15, -0.1) is 0 Å². The fraction of sp³-hybridized carbons (Fsp3) is 0.524. The molecule has 3 rings (SSSR count). The molecule has 2 aromatic rings. The molecule has 1 amide bonds. The van der Waals surface area contributed by atoms with Crippen molar-refractivity contribution in [3.8, 4) is 0 Å². The molecule has 1 aliphatic heterocycles. The van der Waals surface area contributed by atoms with Crippen LogP contribution >= 0.6 is 0 Å². The number of H-pyrrole nitrogens is 1. The molecule has 0 bridgehead atoms. The summed E-state index contributed by atoms with van der Waals surface area (Å²) in [5.41, 5.74) is 0.0224. The van der Waals surface area contributed by atoms with Gasteiger partial charge in [-0.05, 0) is 31.7 Å². The summed E-state index contributed by atoms with van der Waals surface area (Å²) in [6.45, 7) is 4.77. The van der Waals surface area contributed by atoms with Gasteiger partial charge in [-0.1, -0.05) is 26.2 Å². The molecule has 0 unspecified atom stereocenters. The van der Waals surface area contributed by atoms with E-state index in [9.17, 15) is 18.0 Å². The average molecular weight is 435 g/mol. The van der Waals surface area contributed by atoms with E-state index in [0.717, 1.165) is 25.7 Å². The highest BCUT2D eigenvalue weighted by atomic mass is 32.2. The van der Waals surface area contributed by atoms with Gasteiger partial charge in [0.2, 0.25) is 15.5 Å². The monoisotopic (exact) mass is 434 g/mol. The summed E-state index contributed by atoms with van der Waals surface area (Å²) in [4.78, 5) is 30.4. The van der Waals surface area contributed by atoms with Crippen molar-refractivity contribution in [3.63, 3.8) is 0 Å². The molecular weight excluding hydrogens is 404 g/mol. The number of aromatic amines is 1. The predicted molar refractivity (Wildman–Crippen MR) is 117 cm³/mol. The predicted octanol–water partition coefficient (Wildman–Crippen LogP) is 1.77. The fourth-order valence-corrected chi connectivity index (χ4v) is 5.00. The van der Waals surface area contributed by atoms with Gasteiger partial charge in [0.1, 0.15) is 5.56 Å². The molecule has 0 atom stereocenters. The standard InChI is InChI=1S/C21H30N4O4S/c1-3-4-5-6-9-22-21(27)18-15-23-19-8-7-16(14-17(19)20(18)26)30(28,29)25-12-10-24(2)11-13-25/h7-8,14-15H,3-6,9-13H2,1-2H3,(H,22,27)(H,23,26). The van der Waals surface area contributed by atoms with E-state index in [1.807, 2.05) is 7.05 Å². The van der Waals surface area contributed by atoms with Gasteiger partial charge in [0.25, 0.3) is 5.91 Å². The maximum absolute atomic E-state index is 13.0. The lowest BCUT2D eigenvalue weighted by Gasteiger charge is -2.31. The molecule has 8 nitrogen and oxygen atoms in total. The number of hydrogen-bond donors (Lipinski definition) is 2. The van der Waals surface area contributed by atoms with E-state index in [4.69, 9.17) is 0 Å². The highest BCUT2D eigenvalue weighted by Gasteiger charge is 2.28. The Labute approximate surface area is 177 Å². The first-order valence-corrected chi connectivity index (χ1v) is 11.9. The third kappa shape index (κ3) is 4.91. The van der Waals surface area contributed by atoms with Crippen LogP contribution in [0.25, 0.3) is 10.9 Å². The average Bonchev–Trinajstić information content (AvgIpc) is 2.74. The van der Waals surface area contributed by atoms with Crippen LogP contribution in [0.3, 0.4) is 0 Å². The van der Waals surface area contributed by atoms with E-state index in [-0.39, 0.29) is 15.8 Å². The number of unbranched alkanes of at least 4 members (excludes halogenated alkanes) is 3. The molecule has 30 heavy (non-hydrogen) atoms. The van der Waals surface area contributed by atoms with E-state index < -0.39 is 21.4 Å². The van der Waals surface area contributed by atoms with Crippen LogP contribution < -0.4 is 10.7 Å². The van der Waals surface area contributed by atoms with Crippen molar-refractivity contribution in [2.75, 3.05) is 39.8 Å². The molecule has 0 saturated carbocycles. The van der Waals surface area contributed by atoms with E-state index in [0.29, 0.717) is 38.2 Å². The zero-order chi connectivity index (χ0) is 21.7. The summed E-state index contributed by atoms with van der Waals surface area (Å²) in [5, 5.41) is 2.97. The fourth-order valence-electron chi connectivity index (χ4n) is 3.55. The number of nitrogens with one attached hydrogen (secondary N) is 2. The summed E-state index contributed by atoms with van der Waals surface area (Å²) in [6, 6.07) is 4.45. The minimum atomic E-state index is -3.70. The lowest BCUT2D eigenvalue weighted by atomic mass is 10.1. The molecule has 9 heteroatoms. The summed E-state index contributed by atoms with van der Waals surface area (Å²) >= 11 is 0. The van der Waals surface area contributed by atoms with Crippen molar-refractivity contribution in [2.24, 2.45) is 0 Å². The maximum atomic E-state index is 13.0. The molecule has 0 aliphatic carbocycles. The lowest BCUT2D eigenvalue weighted by molar-refractivity contribution is 0.0951. The summed E-state index contributed by atoms with van der Waals surface area (Å²) in [6.07, 6.45) is 5.49. The number of piperazine rings is 1. The Morgan fingerprint density at radius 2 is 1.87 bits per heavy atom. The van der Waals surface area contributed by atoms with Crippen molar-refractivity contribution in [1.29, 1.82) is 0 Å². The number of aromatic nitrogens is 1. The molecule has 2 N–H and O–H groups in total. The number of pyridine rings is 1. The van der Waals surface area contributed by atoms with Crippen molar-refractivity contribution >= 4 is 26.8 Å². The quantitative estimate of drug-likeness (QED) is 0.617. The summed E-state index contributed by atoms with van der Waals surface area (Å²) < 4.78 is 27.5. The first-order valence-electron chi connectivity index (χ1n) is 10.5. The Morgan fingerprint density at radius 1 is 1.13 bits per heavy atom. The second kappa shape index (κ2) is 9.72. The number of sulfonamides is 1. The number of hydrogen-bond acceptors (Lipinski definition) is 5. The molecule has 1 saturated heterocycles. The van der Waals surface area contributed by atoms with Crippen LogP contribution in [0.15, 0.2) is 34.1 Å². The molecule has 164 valence electrons. The molecule has 1 aliphatic rings. The minimum Gasteiger partial charge on any atom is -0.360 e. The molecular formula is C21H30N4O4S. The number of carbonyl (C=O) groups excluding carboxylic acids is 1. The second-order valence-corrected chi connectivity index (χ2v) is 9.70. The van der Waals surface area contributed by atoms with Crippen molar-refractivity contribution in [1.82, 2.24) is 19.5 Å². The number of nitrogens with zero attached hydrogens (tertiary/aromatic N) is 2. The van der Waals surface area contributed by atoms with E-state index in [1.54, 1.807) is 6.07 Å². The number of benzene rings is 1. The van der Waals surface area contributed by atoms with E-state index in [2.05, 4.69) is 22.1 Å². The van der Waals surface area contributed by atoms with Crippen molar-refractivity contribution in [2.45, 2.75) is 37.5 Å². The highest BCUT2D eigenvalue weighted by Crippen LogP contribution is 2.20. The zero-order valence-electron chi connectivity index (χ0n) is 17.6. The van der Waals surface area contributed by atoms with Gasteiger partial charge in [0, 0.05) is 49.8 Å². The Kier molecular flexibility index (Phi) is 7.27. The smallest absolute Gasteiger partial charge is 0.256 e. The maximum Gasteiger partial charge on any atom is 0.256 e. The van der Waals surface area contributed by atoms with E-state index in [1.165, 1.54) is 22.6 Å². The number of likely N-dealkylation sites (N-methyl/N-ethyl adjacent to an activating group) is 1. The Bertz CT molecular complexity index is 1060. The Hall–Kier alpha value is -2.23. The second-order valence-electron chi connectivity index (χ2n) is 7.76. The Morgan fingerprint density at radius 3 is 2.57 bits per heavy atom. The minimum absolute atomic E-state index is 0.00728. The van der Waals surface area contributed by atoms with Crippen LogP contribution in [0.4, 0.5) is 0 Å². The van der Waals surface area contributed by atoms with Gasteiger partial charge in [-0.2, -0.15) is 4.31 Å². The first-order chi connectivity index (χ1) is 14.3. The van der Waals surface area contributed by atoms with Gasteiger partial charge in [0.05, 0.1) is 4.90 Å². The van der Waals surface area contributed by atoms with Crippen LogP contribution in [-0.2, 0) is 10.0 Å². The largest absolute Gasteiger partial charge is 0.360 e. The molecule has 2 heterocycles. The van der Waals surface area contributed by atoms with E-state index >= 15 is 0 Å². The van der Waals surface area contributed by atoms with Crippen LogP contribution in [0.5, 0.6) is 0 Å². The van der Waals surface area contributed by atoms with Gasteiger partial charge in [0.15, 0.2) is 0 Å². The molecule has 1 aromatic heterocycles. The van der Waals surface area contributed by atoms with Crippen molar-refractivity contribution in [3.05, 3.63) is 40.2 Å². The van der Waals surface area contributed by atoms with Gasteiger partial charge in [-0.3, -0.25) is 9.59 Å². The molecule has 1 fully saturated rings. The van der Waals surface area contributed by atoms with Crippen LogP contribution in [0.2, 0.25) is 0 Å². The molecule has 0 spiro atoms. The highest BCUT2D eigenvalue weighted by molar-refractivity contribution is 7.89. The van der Waals surface area contributed by atoms with Crippen LogP contribution in [0, 0.1) is 0 Å².